The highest BCUT2D eigenvalue weighted by Gasteiger charge is 2.21. The van der Waals surface area contributed by atoms with E-state index in [9.17, 15) is 18.7 Å². The number of carboxylic acid groups (broad SMARTS) is 1. The molecule has 7 heteroatoms. The molecule has 1 aromatic heterocycles. The zero-order valence-corrected chi connectivity index (χ0v) is 11.3. The van der Waals surface area contributed by atoms with Gasteiger partial charge in [-0.15, -0.1) is 0 Å². The molecule has 0 atom stereocenters. The fraction of sp³-hybridized carbons (Fsp3) is 0.286. The van der Waals surface area contributed by atoms with E-state index in [0.29, 0.717) is 6.54 Å². The highest BCUT2D eigenvalue weighted by molar-refractivity contribution is 5.95. The molecule has 0 fully saturated rings. The first-order valence-electron chi connectivity index (χ1n) is 6.38. The van der Waals surface area contributed by atoms with Crippen molar-refractivity contribution in [1.82, 2.24) is 9.78 Å². The van der Waals surface area contributed by atoms with Gasteiger partial charge in [-0.3, -0.25) is 4.68 Å². The topological polar surface area (TPSA) is 64.4 Å². The number of carboxylic acids is 1. The van der Waals surface area contributed by atoms with Crippen LogP contribution < -0.4 is 4.74 Å². The molecule has 0 aliphatic heterocycles. The van der Waals surface area contributed by atoms with Crippen LogP contribution in [0.3, 0.4) is 0 Å². The van der Waals surface area contributed by atoms with Crippen molar-refractivity contribution in [2.24, 2.45) is 0 Å². The number of para-hydroxylation sites is 1. The molecule has 0 unspecified atom stereocenters. The number of aromatic nitrogens is 2. The molecule has 1 heterocycles. The van der Waals surface area contributed by atoms with Gasteiger partial charge in [0.25, 0.3) is 0 Å². The number of carbonyl (C=O) groups is 1. The minimum absolute atomic E-state index is 0.0474. The minimum atomic E-state index is -2.99. The fourth-order valence-electron chi connectivity index (χ4n) is 1.98. The maximum absolute atomic E-state index is 12.4. The molecule has 0 radical (unpaired) electrons. The smallest absolute Gasteiger partial charge is 0.387 e. The van der Waals surface area contributed by atoms with E-state index in [2.05, 4.69) is 9.84 Å². The SMILES string of the molecule is CCCn1cc(C(=O)O)c(-c2ccccc2OC(F)F)n1. The zero-order chi connectivity index (χ0) is 15.4. The molecule has 0 saturated heterocycles. The normalized spacial score (nSPS) is 10.9. The van der Waals surface area contributed by atoms with E-state index >= 15 is 0 Å². The Morgan fingerprint density at radius 3 is 2.76 bits per heavy atom. The average Bonchev–Trinajstić information content (AvgIpc) is 2.83. The Kier molecular flexibility index (Phi) is 4.52. The van der Waals surface area contributed by atoms with E-state index in [0.717, 1.165) is 6.42 Å². The number of aryl methyl sites for hydroxylation is 1. The predicted molar refractivity (Wildman–Crippen MR) is 71.5 cm³/mol. The first-order valence-corrected chi connectivity index (χ1v) is 6.38. The highest BCUT2D eigenvalue weighted by Crippen LogP contribution is 2.32. The molecule has 0 amide bonds. The summed E-state index contributed by atoms with van der Waals surface area (Å²) in [5, 5.41) is 13.4. The Morgan fingerprint density at radius 1 is 1.43 bits per heavy atom. The van der Waals surface area contributed by atoms with Crippen molar-refractivity contribution in [3.63, 3.8) is 0 Å². The summed E-state index contributed by atoms with van der Waals surface area (Å²) in [6.07, 6.45) is 2.16. The van der Waals surface area contributed by atoms with Crippen LogP contribution in [0.1, 0.15) is 23.7 Å². The Morgan fingerprint density at radius 2 is 2.14 bits per heavy atom. The van der Waals surface area contributed by atoms with Crippen LogP contribution in [0.2, 0.25) is 0 Å². The molecule has 0 bridgehead atoms. The van der Waals surface area contributed by atoms with Gasteiger partial charge >= 0.3 is 12.6 Å². The van der Waals surface area contributed by atoms with Crippen LogP contribution in [0.4, 0.5) is 8.78 Å². The van der Waals surface area contributed by atoms with E-state index < -0.39 is 12.6 Å². The number of halogens is 2. The Hall–Kier alpha value is -2.44. The number of aromatic carboxylic acids is 1. The molecule has 1 N–H and O–H groups in total. The summed E-state index contributed by atoms with van der Waals surface area (Å²) in [4.78, 5) is 11.3. The van der Waals surface area contributed by atoms with E-state index in [1.165, 1.54) is 29.1 Å². The third kappa shape index (κ3) is 3.36. The second-order valence-corrected chi connectivity index (χ2v) is 4.33. The van der Waals surface area contributed by atoms with Crippen molar-refractivity contribution < 1.29 is 23.4 Å². The largest absolute Gasteiger partial charge is 0.478 e. The van der Waals surface area contributed by atoms with Crippen LogP contribution >= 0.6 is 0 Å². The monoisotopic (exact) mass is 296 g/mol. The van der Waals surface area contributed by atoms with E-state index in [1.54, 1.807) is 6.07 Å². The minimum Gasteiger partial charge on any atom is -0.478 e. The standard InChI is InChI=1S/C14H14F2N2O3/c1-2-7-18-8-10(13(19)20)12(17-18)9-5-3-4-6-11(9)21-14(15)16/h3-6,8,14H,2,7H2,1H3,(H,19,20). The molecule has 21 heavy (non-hydrogen) atoms. The lowest BCUT2D eigenvalue weighted by atomic mass is 10.1. The lowest BCUT2D eigenvalue weighted by molar-refractivity contribution is -0.0494. The molecule has 0 saturated carbocycles. The van der Waals surface area contributed by atoms with Crippen LogP contribution in [0.25, 0.3) is 11.3 Å². The summed E-state index contributed by atoms with van der Waals surface area (Å²) in [5.74, 6) is -1.27. The molecule has 1 aromatic carbocycles. The maximum atomic E-state index is 12.4. The van der Waals surface area contributed by atoms with Gasteiger partial charge in [-0.2, -0.15) is 13.9 Å². The van der Waals surface area contributed by atoms with E-state index in [4.69, 9.17) is 0 Å². The molecule has 5 nitrogen and oxygen atoms in total. The zero-order valence-electron chi connectivity index (χ0n) is 11.3. The number of hydrogen-bond donors (Lipinski definition) is 1. The molecular formula is C14H14F2N2O3. The quantitative estimate of drug-likeness (QED) is 0.888. The highest BCUT2D eigenvalue weighted by atomic mass is 19.3. The van der Waals surface area contributed by atoms with Crippen molar-refractivity contribution in [3.05, 3.63) is 36.0 Å². The molecule has 2 rings (SSSR count). The van der Waals surface area contributed by atoms with Crippen LogP contribution in [-0.2, 0) is 6.54 Å². The van der Waals surface area contributed by atoms with Gasteiger partial charge in [-0.1, -0.05) is 19.1 Å². The average molecular weight is 296 g/mol. The number of hydrogen-bond acceptors (Lipinski definition) is 3. The van der Waals surface area contributed by atoms with E-state index in [1.807, 2.05) is 6.92 Å². The van der Waals surface area contributed by atoms with Gasteiger partial charge in [-0.05, 0) is 18.6 Å². The first-order chi connectivity index (χ1) is 10.0. The Bertz CT molecular complexity index is 641. The summed E-state index contributed by atoms with van der Waals surface area (Å²) in [6, 6.07) is 6.00. The summed E-state index contributed by atoms with van der Waals surface area (Å²) in [7, 11) is 0. The van der Waals surface area contributed by atoms with Gasteiger partial charge < -0.3 is 9.84 Å². The van der Waals surface area contributed by atoms with Crippen LogP contribution in [0.15, 0.2) is 30.5 Å². The molecule has 0 aliphatic rings. The number of rotatable bonds is 6. The molecular weight excluding hydrogens is 282 g/mol. The maximum Gasteiger partial charge on any atom is 0.387 e. The first kappa shape index (κ1) is 15.0. The Balaban J connectivity index is 2.52. The van der Waals surface area contributed by atoms with Gasteiger partial charge in [0.05, 0.1) is 0 Å². The second kappa shape index (κ2) is 6.34. The van der Waals surface area contributed by atoms with Gasteiger partial charge in [-0.25, -0.2) is 4.79 Å². The predicted octanol–water partition coefficient (Wildman–Crippen LogP) is 3.26. The fourth-order valence-corrected chi connectivity index (χ4v) is 1.98. The third-order valence-electron chi connectivity index (χ3n) is 2.80. The van der Waals surface area contributed by atoms with Gasteiger partial charge in [0.2, 0.25) is 0 Å². The van der Waals surface area contributed by atoms with Gasteiger partial charge in [0, 0.05) is 18.3 Å². The number of nitrogens with zero attached hydrogens (tertiary/aromatic N) is 2. The molecule has 2 aromatic rings. The number of alkyl halides is 2. The van der Waals surface area contributed by atoms with Crippen molar-refractivity contribution in [2.45, 2.75) is 26.5 Å². The third-order valence-corrected chi connectivity index (χ3v) is 2.80. The van der Waals surface area contributed by atoms with Crippen LogP contribution in [0.5, 0.6) is 5.75 Å². The number of ether oxygens (including phenoxy) is 1. The van der Waals surface area contributed by atoms with Crippen molar-refractivity contribution in [1.29, 1.82) is 0 Å². The lowest BCUT2D eigenvalue weighted by Crippen LogP contribution is -2.04. The van der Waals surface area contributed by atoms with Gasteiger partial charge in [0.15, 0.2) is 0 Å². The van der Waals surface area contributed by atoms with E-state index in [-0.39, 0.29) is 22.6 Å². The summed E-state index contributed by atoms with van der Waals surface area (Å²) in [6.45, 7) is -0.523. The van der Waals surface area contributed by atoms with Crippen LogP contribution in [0, 0.1) is 0 Å². The number of benzene rings is 1. The van der Waals surface area contributed by atoms with Gasteiger partial charge in [0.1, 0.15) is 17.0 Å². The Labute approximate surface area is 119 Å². The van der Waals surface area contributed by atoms with Crippen LogP contribution in [-0.4, -0.2) is 27.5 Å². The summed E-state index contributed by atoms with van der Waals surface area (Å²) >= 11 is 0. The molecule has 0 spiro atoms. The second-order valence-electron chi connectivity index (χ2n) is 4.33. The van der Waals surface area contributed by atoms with Crippen molar-refractivity contribution in [2.75, 3.05) is 0 Å². The molecule has 0 aliphatic carbocycles. The molecule has 112 valence electrons. The van der Waals surface area contributed by atoms with Crippen molar-refractivity contribution >= 4 is 5.97 Å². The summed E-state index contributed by atoms with van der Waals surface area (Å²) < 4.78 is 30.8. The lowest BCUT2D eigenvalue weighted by Gasteiger charge is -2.09. The van der Waals surface area contributed by atoms with Crippen molar-refractivity contribution in [3.8, 4) is 17.0 Å². The summed E-state index contributed by atoms with van der Waals surface area (Å²) in [5.41, 5.74) is 0.297.